The zero-order chi connectivity index (χ0) is 54.8. The van der Waals surface area contributed by atoms with Crippen LogP contribution in [0.3, 0.4) is 0 Å². The second kappa shape index (κ2) is 30.8. The van der Waals surface area contributed by atoms with Gasteiger partial charge in [0.2, 0.25) is 18.4 Å². The number of aryl methyl sites for hydroxylation is 7. The van der Waals surface area contributed by atoms with Crippen molar-refractivity contribution in [3.63, 3.8) is 0 Å². The van der Waals surface area contributed by atoms with Crippen molar-refractivity contribution in [1.29, 1.82) is 10.5 Å². The Labute approximate surface area is 427 Å². The molecule has 0 bridgehead atoms. The number of H-pyrrole nitrogens is 3. The smallest absolute Gasteiger partial charge is 0.275 e. The first-order valence-corrected chi connectivity index (χ1v) is 21.4. The minimum atomic E-state index is -0.572. The van der Waals surface area contributed by atoms with Crippen molar-refractivity contribution in [3.05, 3.63) is 200 Å². The predicted octanol–water partition coefficient (Wildman–Crippen LogP) is 3.77. The van der Waals surface area contributed by atoms with Crippen molar-refractivity contribution >= 4 is 36.3 Å². The third-order valence-electron chi connectivity index (χ3n) is 9.28. The van der Waals surface area contributed by atoms with Crippen LogP contribution in [0.5, 0.6) is 0 Å². The molecule has 0 spiro atoms. The standard InChI is InChI=1S/C7H9N3O2.C7H7N3O.C6H9N3O.2C6H7N3.C6H5NO.C6H7NO.C5H7N.CH4/c1-5-2-6(7(8)12)10(3-5)9-4-11;1-5-2-6-7(11)8-4-9-10(6)3-5;1-4-2-5(6(7)10)9(8)3-4;1-5-2-6(3-7)9(8)4-5;1-5-2-3-9(8)6(5)4-7;1-5-2-6(4-8)7-3-5;1-5-2-3-7-6(5)4-8;1-5-2-3-6-4-5;/h2-4H,1H3,(H2,8,12)(H,9,11);2-4H,1H3,(H,8,9,11);2-3H,8H2,1H3,(H2,7,10);2,4H,8H2,1H3;2-3H,8H2,1H3;2,4H,1H3;2-4,7H,1H3;2-4,6H,1H3;1H4/p+1. The van der Waals surface area contributed by atoms with Gasteiger partial charge in [-0.2, -0.15) is 20.9 Å². The molecule has 9 rings (SSSR count). The number of aromatic nitrogens is 9. The molecule has 24 heteroatoms. The first kappa shape index (κ1) is 61.4. The Morgan fingerprint density at radius 1 is 0.716 bits per heavy atom. The van der Waals surface area contributed by atoms with Gasteiger partial charge in [-0.25, -0.2) is 4.52 Å². The van der Waals surface area contributed by atoms with Crippen LogP contribution in [0.4, 0.5) is 0 Å². The quantitative estimate of drug-likeness (QED) is 0.0645. The largest absolute Gasteiger partial charge is 0.367 e. The number of amides is 3. The van der Waals surface area contributed by atoms with Gasteiger partial charge in [0.1, 0.15) is 64.6 Å². The molecule has 74 heavy (non-hydrogen) atoms. The maximum Gasteiger partial charge on any atom is 0.275 e. The lowest BCUT2D eigenvalue weighted by molar-refractivity contribution is -0.106. The van der Waals surface area contributed by atoms with Crippen molar-refractivity contribution in [1.82, 2.24) is 48.6 Å². The number of fused-ring (bicyclic) bond motifs is 1. The van der Waals surface area contributed by atoms with Gasteiger partial charge in [0.25, 0.3) is 17.4 Å². The summed E-state index contributed by atoms with van der Waals surface area (Å²) in [6, 6.07) is 16.4. The molecule has 0 atom stereocenters. The SMILES string of the molecule is C.CC1=[C+]NC(C=O)=C1.Cc1cc(C#N)n(N)c1.Cc1cc(C(N)=O)n(N)c1.Cc1cc(C(N)=O)n(NC=O)c1.Cc1cc2c(=O)[nH]cnn2c1.Cc1cc[nH]c1.Cc1cc[nH]c1C=O.Cc1ccn(N)c1C#N. The Kier molecular flexibility index (Phi) is 25.6. The third kappa shape index (κ3) is 20.2. The molecule has 0 saturated carbocycles. The Bertz CT molecular complexity index is 3260. The van der Waals surface area contributed by atoms with E-state index in [0.29, 0.717) is 40.4 Å². The van der Waals surface area contributed by atoms with E-state index in [1.807, 2.05) is 84.4 Å². The number of aldehydes is 2. The number of aromatic amines is 3. The van der Waals surface area contributed by atoms with Gasteiger partial charge in [-0.05, 0) is 137 Å². The van der Waals surface area contributed by atoms with Gasteiger partial charge in [-0.15, -0.1) is 0 Å². The Balaban J connectivity index is 0.000000425. The molecule has 3 amide bonds. The van der Waals surface area contributed by atoms with Crippen LogP contribution < -0.4 is 45.3 Å². The molecule has 1 aliphatic rings. The third-order valence-corrected chi connectivity index (χ3v) is 9.28. The molecule has 0 aromatic carbocycles. The number of rotatable bonds is 6. The molecule has 8 aromatic heterocycles. The number of allylic oxidation sites excluding steroid dienone is 3. The normalized spacial score (nSPS) is 9.97. The highest BCUT2D eigenvalue weighted by atomic mass is 16.2. The molecule has 1 aliphatic heterocycles. The first-order chi connectivity index (χ1) is 34.6. The number of carbonyl (C=O) groups excluding carboxylic acids is 5. The van der Waals surface area contributed by atoms with E-state index in [1.54, 1.807) is 78.8 Å². The van der Waals surface area contributed by atoms with Crippen molar-refractivity contribution in [3.8, 4) is 12.1 Å². The number of nitrogen functional groups attached to an aromatic ring is 3. The van der Waals surface area contributed by atoms with Crippen LogP contribution in [-0.2, 0) is 9.59 Å². The minimum Gasteiger partial charge on any atom is -0.367 e. The number of nitrogens with zero attached hydrogens (tertiary/aromatic N) is 8. The number of nitrogens with two attached hydrogens (primary N) is 5. The maximum atomic E-state index is 11.1. The predicted molar refractivity (Wildman–Crippen MR) is 282 cm³/mol. The highest BCUT2D eigenvalue weighted by Crippen LogP contribution is 2.06. The van der Waals surface area contributed by atoms with Crippen molar-refractivity contribution in [2.75, 3.05) is 23.0 Å². The molecule has 24 nitrogen and oxygen atoms in total. The Morgan fingerprint density at radius 3 is 1.68 bits per heavy atom. The summed E-state index contributed by atoms with van der Waals surface area (Å²) in [5.41, 5.74) is 23.7. The fourth-order valence-corrected chi connectivity index (χ4v) is 5.77. The zero-order valence-electron chi connectivity index (χ0n) is 41.5. The Hall–Kier alpha value is -10.6. The molecule has 9 heterocycles. The van der Waals surface area contributed by atoms with Gasteiger partial charge in [0.15, 0.2) is 6.29 Å². The molecular weight excluding hydrogens is 949 g/mol. The topological polar surface area (TPSA) is 389 Å². The number of hydrogen-bond acceptors (Lipinski definition) is 13. The fourth-order valence-electron chi connectivity index (χ4n) is 5.77. The van der Waals surface area contributed by atoms with Crippen LogP contribution in [-0.4, -0.2) is 74.1 Å². The van der Waals surface area contributed by atoms with E-state index >= 15 is 0 Å². The monoisotopic (exact) mass is 1010 g/mol. The van der Waals surface area contributed by atoms with Crippen LogP contribution >= 0.6 is 0 Å². The van der Waals surface area contributed by atoms with Gasteiger partial charge in [0, 0.05) is 49.6 Å². The van der Waals surface area contributed by atoms with E-state index in [2.05, 4.69) is 43.9 Å². The summed E-state index contributed by atoms with van der Waals surface area (Å²) in [4.78, 5) is 70.7. The lowest BCUT2D eigenvalue weighted by Gasteiger charge is -2.01. The molecule has 0 aliphatic carbocycles. The highest BCUT2D eigenvalue weighted by molar-refractivity contribution is 5.92. The summed E-state index contributed by atoms with van der Waals surface area (Å²) in [5, 5.41) is 23.4. The molecular formula is C50H63N18O6+. The molecule has 0 unspecified atom stereocenters. The van der Waals surface area contributed by atoms with Crippen LogP contribution in [0.2, 0.25) is 0 Å². The molecule has 15 N–H and O–H groups in total. The lowest BCUT2D eigenvalue weighted by atomic mass is 10.3. The number of carbonyl (C=O) groups is 5. The van der Waals surface area contributed by atoms with E-state index in [4.69, 9.17) is 39.5 Å². The van der Waals surface area contributed by atoms with E-state index in [0.717, 1.165) is 51.5 Å². The van der Waals surface area contributed by atoms with E-state index in [9.17, 15) is 28.8 Å². The van der Waals surface area contributed by atoms with Crippen LogP contribution in [0.15, 0.2) is 121 Å². The van der Waals surface area contributed by atoms with Crippen molar-refractivity contribution in [2.24, 2.45) is 11.5 Å². The average Bonchev–Trinajstić information content (AvgIpc) is 4.23. The van der Waals surface area contributed by atoms with Crippen molar-refractivity contribution in [2.45, 2.75) is 62.8 Å². The summed E-state index contributed by atoms with van der Waals surface area (Å²) in [6.07, 6.45) is 22.0. The average molecular weight is 1010 g/mol. The fraction of sp³-hybridized carbons (Fsp3) is 0.180. The summed E-state index contributed by atoms with van der Waals surface area (Å²) in [7, 11) is 0. The van der Waals surface area contributed by atoms with Crippen LogP contribution in [0.25, 0.3) is 5.52 Å². The second-order valence-corrected chi connectivity index (χ2v) is 15.5. The number of nitrogens with one attached hydrogen (secondary N) is 5. The van der Waals surface area contributed by atoms with Gasteiger partial charge < -0.3 is 43.9 Å². The minimum absolute atomic E-state index is 0. The molecule has 0 saturated heterocycles. The summed E-state index contributed by atoms with van der Waals surface area (Å²) in [6.45, 7) is 15.1. The molecule has 0 radical (unpaired) electrons. The molecule has 8 aromatic rings. The Morgan fingerprint density at radius 2 is 1.34 bits per heavy atom. The van der Waals surface area contributed by atoms with Crippen LogP contribution in [0, 0.1) is 77.3 Å². The van der Waals surface area contributed by atoms with Gasteiger partial charge in [0.05, 0.1) is 5.69 Å². The van der Waals surface area contributed by atoms with Crippen molar-refractivity contribution < 1.29 is 24.0 Å². The van der Waals surface area contributed by atoms with Gasteiger partial charge in [-0.1, -0.05) is 7.43 Å². The second-order valence-electron chi connectivity index (χ2n) is 15.5. The first-order valence-electron chi connectivity index (χ1n) is 21.4. The zero-order valence-corrected chi connectivity index (χ0v) is 41.5. The highest BCUT2D eigenvalue weighted by Gasteiger charge is 2.12. The van der Waals surface area contributed by atoms with Gasteiger partial charge >= 0.3 is 0 Å². The van der Waals surface area contributed by atoms with E-state index in [-0.39, 0.29) is 18.7 Å². The van der Waals surface area contributed by atoms with Gasteiger partial charge in [-0.3, -0.25) is 52.9 Å². The van der Waals surface area contributed by atoms with Crippen LogP contribution in [0.1, 0.15) is 96.1 Å². The number of primary amides is 2. The number of hydrogen-bond donors (Lipinski definition) is 10. The van der Waals surface area contributed by atoms with E-state index in [1.165, 1.54) is 30.6 Å². The molecule has 0 fully saturated rings. The summed E-state index contributed by atoms with van der Waals surface area (Å²) < 4.78 is 6.70. The number of nitriles is 2. The lowest BCUT2D eigenvalue weighted by Crippen LogP contribution is -2.21. The maximum absolute atomic E-state index is 11.1. The van der Waals surface area contributed by atoms with E-state index < -0.39 is 11.8 Å². The summed E-state index contributed by atoms with van der Waals surface area (Å²) in [5.74, 6) is 15.0. The summed E-state index contributed by atoms with van der Waals surface area (Å²) >= 11 is 0. The molecule has 388 valence electrons.